The minimum Gasteiger partial charge on any atom is -0.485 e. The Hall–Kier alpha value is -2.74. The van der Waals surface area contributed by atoms with Crippen LogP contribution in [0.5, 0.6) is 11.5 Å². The maximum absolute atomic E-state index is 12.1. The molecule has 0 bridgehead atoms. The summed E-state index contributed by atoms with van der Waals surface area (Å²) in [5, 5.41) is 10.9. The molecule has 0 aliphatic carbocycles. The molecule has 8 heteroatoms. The molecule has 0 saturated carbocycles. The number of nitrogens with zero attached hydrogens (tertiary/aromatic N) is 2. The number of para-hydroxylation sites is 2. The van der Waals surface area contributed by atoms with E-state index in [-0.39, 0.29) is 23.8 Å². The van der Waals surface area contributed by atoms with Crippen molar-refractivity contribution in [3.63, 3.8) is 0 Å². The fraction of sp³-hybridized carbons (Fsp3) is 0.294. The van der Waals surface area contributed by atoms with Gasteiger partial charge in [-0.15, -0.1) is 0 Å². The van der Waals surface area contributed by atoms with Crippen LogP contribution in [0.25, 0.3) is 0 Å². The Morgan fingerprint density at radius 3 is 2.48 bits per heavy atom. The monoisotopic (exact) mass is 352 g/mol. The zero-order valence-corrected chi connectivity index (χ0v) is 13.6. The number of nitro groups is 1. The Labute approximate surface area is 143 Å². The Balaban J connectivity index is 1.81. The van der Waals surface area contributed by atoms with Crippen molar-refractivity contribution in [2.45, 2.75) is 13.2 Å². The first kappa shape index (κ1) is 18.6. The highest BCUT2D eigenvalue weighted by molar-refractivity contribution is 5.45. The van der Waals surface area contributed by atoms with Crippen LogP contribution in [0.15, 0.2) is 48.5 Å². The molecule has 0 unspecified atom stereocenters. The molecule has 0 aliphatic rings. The van der Waals surface area contributed by atoms with Crippen molar-refractivity contribution >= 4 is 5.69 Å². The number of ether oxygens (including phenoxy) is 2. The van der Waals surface area contributed by atoms with E-state index in [2.05, 4.69) is 4.74 Å². The van der Waals surface area contributed by atoms with Gasteiger partial charge in [0.1, 0.15) is 12.4 Å². The van der Waals surface area contributed by atoms with Crippen LogP contribution in [-0.2, 0) is 6.54 Å². The Bertz CT molecular complexity index is 695. The van der Waals surface area contributed by atoms with Crippen LogP contribution in [0.3, 0.4) is 0 Å². The zero-order chi connectivity index (χ0) is 18.2. The molecular weight excluding hydrogens is 334 g/mol. The van der Waals surface area contributed by atoms with Crippen LogP contribution >= 0.6 is 0 Å². The second-order valence-corrected chi connectivity index (χ2v) is 5.33. The number of hydrogen-bond acceptors (Lipinski definition) is 5. The van der Waals surface area contributed by atoms with Crippen LogP contribution < -0.4 is 9.47 Å². The van der Waals surface area contributed by atoms with E-state index in [4.69, 9.17) is 4.74 Å². The average Bonchev–Trinajstić information content (AvgIpc) is 2.56. The first-order valence-corrected chi connectivity index (χ1v) is 7.54. The number of halogens is 2. The summed E-state index contributed by atoms with van der Waals surface area (Å²) in [6.07, 6.45) is 0. The third kappa shape index (κ3) is 6.00. The highest BCUT2D eigenvalue weighted by Crippen LogP contribution is 2.25. The Kier molecular flexibility index (Phi) is 6.64. The number of hydrogen-bond donors (Lipinski definition) is 0. The van der Waals surface area contributed by atoms with Gasteiger partial charge < -0.3 is 9.47 Å². The average molecular weight is 352 g/mol. The maximum Gasteiger partial charge on any atom is 0.387 e. The molecule has 0 amide bonds. The number of rotatable bonds is 9. The highest BCUT2D eigenvalue weighted by Gasteiger charge is 2.13. The van der Waals surface area contributed by atoms with Gasteiger partial charge in [0.15, 0.2) is 5.75 Å². The maximum atomic E-state index is 12.1. The summed E-state index contributed by atoms with van der Waals surface area (Å²) in [5.41, 5.74) is 0.856. The van der Waals surface area contributed by atoms with E-state index in [1.807, 2.05) is 11.9 Å². The lowest BCUT2D eigenvalue weighted by Crippen LogP contribution is -2.24. The largest absolute Gasteiger partial charge is 0.485 e. The SMILES string of the molecule is CN(CCOc1ccccc1[N+](=O)[O-])Cc1ccc(OC(F)F)cc1. The first-order chi connectivity index (χ1) is 12.0. The molecule has 0 aromatic heterocycles. The number of likely N-dealkylation sites (N-methyl/N-ethyl adjacent to an activating group) is 1. The molecular formula is C17H18F2N2O4. The number of nitro benzene ring substituents is 1. The van der Waals surface area contributed by atoms with E-state index in [0.717, 1.165) is 5.56 Å². The minimum absolute atomic E-state index is 0.0697. The van der Waals surface area contributed by atoms with Gasteiger partial charge in [-0.1, -0.05) is 24.3 Å². The summed E-state index contributed by atoms with van der Waals surface area (Å²) in [6, 6.07) is 12.6. The number of alkyl halides is 2. The third-order valence-corrected chi connectivity index (χ3v) is 3.39. The molecule has 134 valence electrons. The molecule has 0 N–H and O–H groups in total. The minimum atomic E-state index is -2.84. The molecule has 2 aromatic rings. The summed E-state index contributed by atoms with van der Waals surface area (Å²) in [6.45, 7) is -1.43. The summed E-state index contributed by atoms with van der Waals surface area (Å²) in [7, 11) is 1.87. The fourth-order valence-electron chi connectivity index (χ4n) is 2.21. The lowest BCUT2D eigenvalue weighted by Gasteiger charge is -2.17. The van der Waals surface area contributed by atoms with E-state index in [9.17, 15) is 18.9 Å². The summed E-state index contributed by atoms with van der Waals surface area (Å²) >= 11 is 0. The zero-order valence-electron chi connectivity index (χ0n) is 13.6. The topological polar surface area (TPSA) is 64.8 Å². The van der Waals surface area contributed by atoms with E-state index in [1.165, 1.54) is 18.2 Å². The summed E-state index contributed by atoms with van der Waals surface area (Å²) < 4.78 is 34.0. The Morgan fingerprint density at radius 1 is 1.16 bits per heavy atom. The predicted octanol–water partition coefficient (Wildman–Crippen LogP) is 3.71. The van der Waals surface area contributed by atoms with Crippen molar-refractivity contribution in [2.24, 2.45) is 0 Å². The van der Waals surface area contributed by atoms with Crippen molar-refractivity contribution in [2.75, 3.05) is 20.2 Å². The highest BCUT2D eigenvalue weighted by atomic mass is 19.3. The molecule has 0 saturated heterocycles. The van der Waals surface area contributed by atoms with Crippen LogP contribution in [0.1, 0.15) is 5.56 Å². The van der Waals surface area contributed by atoms with Gasteiger partial charge in [0.2, 0.25) is 0 Å². The predicted molar refractivity (Wildman–Crippen MR) is 88.0 cm³/mol. The van der Waals surface area contributed by atoms with Crippen molar-refractivity contribution in [3.05, 3.63) is 64.2 Å². The van der Waals surface area contributed by atoms with Gasteiger partial charge in [0.05, 0.1) is 4.92 Å². The smallest absolute Gasteiger partial charge is 0.387 e. The molecule has 2 rings (SSSR count). The lowest BCUT2D eigenvalue weighted by molar-refractivity contribution is -0.385. The van der Waals surface area contributed by atoms with Crippen LogP contribution in [0.4, 0.5) is 14.5 Å². The molecule has 0 spiro atoms. The third-order valence-electron chi connectivity index (χ3n) is 3.39. The van der Waals surface area contributed by atoms with Crippen molar-refractivity contribution in [1.82, 2.24) is 4.90 Å². The molecule has 0 heterocycles. The van der Waals surface area contributed by atoms with Crippen molar-refractivity contribution in [1.29, 1.82) is 0 Å². The summed E-state index contributed by atoms with van der Waals surface area (Å²) in [5.74, 6) is 0.343. The van der Waals surface area contributed by atoms with Gasteiger partial charge in [-0.25, -0.2) is 0 Å². The number of benzene rings is 2. The van der Waals surface area contributed by atoms with Gasteiger partial charge in [-0.2, -0.15) is 8.78 Å². The lowest BCUT2D eigenvalue weighted by atomic mass is 10.2. The van der Waals surface area contributed by atoms with Crippen LogP contribution in [0, 0.1) is 10.1 Å². The molecule has 0 aliphatic heterocycles. The molecule has 0 atom stereocenters. The van der Waals surface area contributed by atoms with Crippen LogP contribution in [0.2, 0.25) is 0 Å². The van der Waals surface area contributed by atoms with Crippen LogP contribution in [-0.4, -0.2) is 36.6 Å². The van der Waals surface area contributed by atoms with E-state index < -0.39 is 11.5 Å². The fourth-order valence-corrected chi connectivity index (χ4v) is 2.21. The van der Waals surface area contributed by atoms with Gasteiger partial charge >= 0.3 is 12.3 Å². The van der Waals surface area contributed by atoms with Gasteiger partial charge in [-0.05, 0) is 30.8 Å². The molecule has 2 aromatic carbocycles. The normalized spacial score (nSPS) is 10.9. The van der Waals surface area contributed by atoms with E-state index in [0.29, 0.717) is 13.1 Å². The van der Waals surface area contributed by atoms with Gasteiger partial charge in [0, 0.05) is 19.2 Å². The second-order valence-electron chi connectivity index (χ2n) is 5.33. The van der Waals surface area contributed by atoms with Gasteiger partial charge in [0.25, 0.3) is 0 Å². The quantitative estimate of drug-likeness (QED) is 0.508. The van der Waals surface area contributed by atoms with E-state index >= 15 is 0 Å². The van der Waals surface area contributed by atoms with Crippen molar-refractivity contribution in [3.8, 4) is 11.5 Å². The second kappa shape index (κ2) is 8.93. The first-order valence-electron chi connectivity index (χ1n) is 7.54. The van der Waals surface area contributed by atoms with E-state index in [1.54, 1.807) is 30.3 Å². The molecule has 6 nitrogen and oxygen atoms in total. The van der Waals surface area contributed by atoms with Crippen molar-refractivity contribution < 1.29 is 23.2 Å². The van der Waals surface area contributed by atoms with Gasteiger partial charge in [-0.3, -0.25) is 15.0 Å². The standard InChI is InChI=1S/C17H18F2N2O4/c1-20(12-13-6-8-14(9-7-13)25-17(18)19)10-11-24-16-5-3-2-4-15(16)21(22)23/h2-9,17H,10-12H2,1H3. The molecule has 0 fully saturated rings. The Morgan fingerprint density at radius 2 is 1.84 bits per heavy atom. The summed E-state index contributed by atoms with van der Waals surface area (Å²) in [4.78, 5) is 12.4. The molecule has 0 radical (unpaired) electrons. The molecule has 25 heavy (non-hydrogen) atoms.